The van der Waals surface area contributed by atoms with Crippen LogP contribution >= 0.6 is 0 Å². The smallest absolute Gasteiger partial charge is 0.244 e. The van der Waals surface area contributed by atoms with Gasteiger partial charge in [-0.2, -0.15) is 0 Å². The highest BCUT2D eigenvalue weighted by molar-refractivity contribution is 5.92. The van der Waals surface area contributed by atoms with E-state index in [1.807, 2.05) is 24.3 Å². The van der Waals surface area contributed by atoms with Crippen LogP contribution in [0.5, 0.6) is 5.75 Å². The summed E-state index contributed by atoms with van der Waals surface area (Å²) in [7, 11) is 1.63. The third kappa shape index (κ3) is 5.53. The second-order valence-electron chi connectivity index (χ2n) is 5.62. The monoisotopic (exact) mass is 302 g/mol. The first kappa shape index (κ1) is 16.6. The summed E-state index contributed by atoms with van der Waals surface area (Å²) in [6.07, 6.45) is 8.36. The van der Waals surface area contributed by atoms with E-state index in [-0.39, 0.29) is 5.91 Å². The molecule has 1 N–H and O–H groups in total. The molecule has 120 valence electrons. The Morgan fingerprint density at radius 1 is 1.27 bits per heavy atom. The Morgan fingerprint density at radius 3 is 2.82 bits per heavy atom. The van der Waals surface area contributed by atoms with Crippen LogP contribution in [0.15, 0.2) is 30.3 Å². The second-order valence-corrected chi connectivity index (χ2v) is 5.62. The van der Waals surface area contributed by atoms with Crippen LogP contribution in [0.3, 0.4) is 0 Å². The number of carbonyl (C=O) groups is 1. The number of nitrogens with zero attached hydrogens (tertiary/aromatic N) is 1. The van der Waals surface area contributed by atoms with Gasteiger partial charge in [-0.3, -0.25) is 4.79 Å². The van der Waals surface area contributed by atoms with Gasteiger partial charge in [0, 0.05) is 18.2 Å². The number of amides is 1. The van der Waals surface area contributed by atoms with Gasteiger partial charge in [-0.15, -0.1) is 0 Å². The van der Waals surface area contributed by atoms with Crippen LogP contribution in [0.2, 0.25) is 0 Å². The number of carbonyl (C=O) groups excluding carboxylic acids is 1. The molecule has 22 heavy (non-hydrogen) atoms. The fourth-order valence-corrected chi connectivity index (χ4v) is 2.73. The zero-order chi connectivity index (χ0) is 15.6. The SMILES string of the molecule is COc1ccccc1/C=C/C(=O)NCCCN1CCCCC1. The number of methoxy groups -OCH3 is 1. The van der Waals surface area contributed by atoms with Gasteiger partial charge in [0.1, 0.15) is 5.75 Å². The Bertz CT molecular complexity index is 494. The van der Waals surface area contributed by atoms with Crippen molar-refractivity contribution in [3.05, 3.63) is 35.9 Å². The fourth-order valence-electron chi connectivity index (χ4n) is 2.73. The number of nitrogens with one attached hydrogen (secondary N) is 1. The standard InChI is InChI=1S/C18H26N2O2/c1-22-17-9-4-3-8-16(17)10-11-18(21)19-12-7-15-20-13-5-2-6-14-20/h3-4,8-11H,2,5-7,12-15H2,1H3,(H,19,21)/b11-10+. The van der Waals surface area contributed by atoms with Crippen LogP contribution in [0.1, 0.15) is 31.2 Å². The largest absolute Gasteiger partial charge is 0.496 e. The summed E-state index contributed by atoms with van der Waals surface area (Å²) in [5, 5.41) is 2.94. The summed E-state index contributed by atoms with van der Waals surface area (Å²) in [4.78, 5) is 14.3. The highest BCUT2D eigenvalue weighted by atomic mass is 16.5. The lowest BCUT2D eigenvalue weighted by Gasteiger charge is -2.26. The van der Waals surface area contributed by atoms with Crippen molar-refractivity contribution in [1.82, 2.24) is 10.2 Å². The molecule has 4 nitrogen and oxygen atoms in total. The van der Waals surface area contributed by atoms with E-state index in [0.717, 1.165) is 30.8 Å². The summed E-state index contributed by atoms with van der Waals surface area (Å²) in [5.41, 5.74) is 0.911. The lowest BCUT2D eigenvalue weighted by Crippen LogP contribution is -2.33. The van der Waals surface area contributed by atoms with Gasteiger partial charge in [0.15, 0.2) is 0 Å². The van der Waals surface area contributed by atoms with Crippen molar-refractivity contribution >= 4 is 12.0 Å². The summed E-state index contributed by atoms with van der Waals surface area (Å²) in [6, 6.07) is 7.66. The van der Waals surface area contributed by atoms with Gasteiger partial charge >= 0.3 is 0 Å². The Balaban J connectivity index is 1.67. The van der Waals surface area contributed by atoms with E-state index in [1.54, 1.807) is 19.3 Å². The van der Waals surface area contributed by atoms with Crippen molar-refractivity contribution in [2.75, 3.05) is 33.3 Å². The van der Waals surface area contributed by atoms with E-state index in [9.17, 15) is 4.79 Å². The van der Waals surface area contributed by atoms with Crippen LogP contribution in [-0.4, -0.2) is 44.1 Å². The number of benzene rings is 1. The first-order valence-corrected chi connectivity index (χ1v) is 8.11. The van der Waals surface area contributed by atoms with Crippen LogP contribution in [0.25, 0.3) is 6.08 Å². The van der Waals surface area contributed by atoms with Crippen LogP contribution in [0.4, 0.5) is 0 Å². The minimum atomic E-state index is -0.0513. The van der Waals surface area contributed by atoms with Crippen molar-refractivity contribution in [2.45, 2.75) is 25.7 Å². The third-order valence-corrected chi connectivity index (χ3v) is 3.95. The van der Waals surface area contributed by atoms with Crippen molar-refractivity contribution in [1.29, 1.82) is 0 Å². The molecule has 1 aliphatic rings. The van der Waals surface area contributed by atoms with E-state index >= 15 is 0 Å². The minimum Gasteiger partial charge on any atom is -0.496 e. The highest BCUT2D eigenvalue weighted by Crippen LogP contribution is 2.18. The van der Waals surface area contributed by atoms with Gasteiger partial charge in [-0.25, -0.2) is 0 Å². The molecule has 1 aromatic rings. The summed E-state index contributed by atoms with van der Waals surface area (Å²) in [6.45, 7) is 4.23. The summed E-state index contributed by atoms with van der Waals surface area (Å²) in [5.74, 6) is 0.723. The molecule has 0 bridgehead atoms. The number of hydrogen-bond donors (Lipinski definition) is 1. The van der Waals surface area contributed by atoms with E-state index < -0.39 is 0 Å². The van der Waals surface area contributed by atoms with Crippen LogP contribution in [0, 0.1) is 0 Å². The number of rotatable bonds is 7. The van der Waals surface area contributed by atoms with E-state index in [0.29, 0.717) is 0 Å². The van der Waals surface area contributed by atoms with Gasteiger partial charge in [0.25, 0.3) is 0 Å². The van der Waals surface area contributed by atoms with Crippen molar-refractivity contribution < 1.29 is 9.53 Å². The molecule has 1 aromatic carbocycles. The van der Waals surface area contributed by atoms with Crippen molar-refractivity contribution in [2.24, 2.45) is 0 Å². The lowest BCUT2D eigenvalue weighted by molar-refractivity contribution is -0.116. The summed E-state index contributed by atoms with van der Waals surface area (Å²) < 4.78 is 5.25. The quantitative estimate of drug-likeness (QED) is 0.622. The van der Waals surface area contributed by atoms with Crippen LogP contribution in [-0.2, 0) is 4.79 Å². The maximum atomic E-state index is 11.8. The molecule has 2 rings (SSSR count). The molecule has 0 radical (unpaired) electrons. The molecule has 0 unspecified atom stereocenters. The lowest BCUT2D eigenvalue weighted by atomic mass is 10.1. The molecule has 1 amide bonds. The molecular weight excluding hydrogens is 276 g/mol. The number of para-hydroxylation sites is 1. The maximum absolute atomic E-state index is 11.8. The average Bonchev–Trinajstić information content (AvgIpc) is 2.58. The Hall–Kier alpha value is -1.81. The fraction of sp³-hybridized carbons (Fsp3) is 0.500. The molecule has 1 heterocycles. The van der Waals surface area contributed by atoms with Crippen LogP contribution < -0.4 is 10.1 Å². The number of ether oxygens (including phenoxy) is 1. The van der Waals surface area contributed by atoms with Gasteiger partial charge in [-0.1, -0.05) is 24.6 Å². The maximum Gasteiger partial charge on any atom is 0.244 e. The molecule has 0 aliphatic carbocycles. The minimum absolute atomic E-state index is 0.0513. The molecule has 0 atom stereocenters. The Labute approximate surface area is 133 Å². The molecule has 0 spiro atoms. The number of likely N-dealkylation sites (tertiary alicyclic amines) is 1. The first-order valence-electron chi connectivity index (χ1n) is 8.11. The van der Waals surface area contributed by atoms with E-state index in [4.69, 9.17) is 4.74 Å². The zero-order valence-corrected chi connectivity index (χ0v) is 13.4. The van der Waals surface area contributed by atoms with E-state index in [1.165, 1.54) is 32.4 Å². The molecule has 1 aliphatic heterocycles. The number of piperidine rings is 1. The van der Waals surface area contributed by atoms with Gasteiger partial charge in [0.2, 0.25) is 5.91 Å². The molecule has 4 heteroatoms. The van der Waals surface area contributed by atoms with Gasteiger partial charge in [0.05, 0.1) is 7.11 Å². The first-order chi connectivity index (χ1) is 10.8. The van der Waals surface area contributed by atoms with Gasteiger partial charge < -0.3 is 15.0 Å². The molecule has 0 saturated carbocycles. The predicted molar refractivity (Wildman–Crippen MR) is 89.9 cm³/mol. The molecule has 1 saturated heterocycles. The molecular formula is C18H26N2O2. The third-order valence-electron chi connectivity index (χ3n) is 3.95. The van der Waals surface area contributed by atoms with E-state index in [2.05, 4.69) is 10.2 Å². The summed E-state index contributed by atoms with van der Waals surface area (Å²) >= 11 is 0. The number of hydrogen-bond acceptors (Lipinski definition) is 3. The highest BCUT2D eigenvalue weighted by Gasteiger charge is 2.08. The van der Waals surface area contributed by atoms with Crippen molar-refractivity contribution in [3.63, 3.8) is 0 Å². The van der Waals surface area contributed by atoms with Crippen molar-refractivity contribution in [3.8, 4) is 5.75 Å². The Morgan fingerprint density at radius 2 is 2.05 bits per heavy atom. The van der Waals surface area contributed by atoms with Gasteiger partial charge in [-0.05, 0) is 51.0 Å². The normalized spacial score (nSPS) is 15.9. The topological polar surface area (TPSA) is 41.6 Å². The average molecular weight is 302 g/mol. The molecule has 1 fully saturated rings. The Kier molecular flexibility index (Phi) is 6.97. The second kappa shape index (κ2) is 9.26. The zero-order valence-electron chi connectivity index (χ0n) is 13.4. The molecule has 0 aromatic heterocycles. The predicted octanol–water partition coefficient (Wildman–Crippen LogP) is 2.70.